The number of nitrogens with one attached hydrogen (secondary N) is 1. The minimum Gasteiger partial charge on any atom is -0.394 e. The molecule has 2 aromatic heterocycles. The Morgan fingerprint density at radius 2 is 2.11 bits per heavy atom. The Labute approximate surface area is 113 Å². The second-order valence-electron chi connectivity index (χ2n) is 4.57. The second kappa shape index (κ2) is 6.38. The van der Waals surface area contributed by atoms with E-state index in [1.807, 2.05) is 17.8 Å². The van der Waals surface area contributed by atoms with Gasteiger partial charge in [0.05, 0.1) is 30.7 Å². The lowest BCUT2D eigenvalue weighted by Gasteiger charge is -2.01. The lowest BCUT2D eigenvalue weighted by Crippen LogP contribution is -2.02. The van der Waals surface area contributed by atoms with E-state index in [-0.39, 0.29) is 6.61 Å². The van der Waals surface area contributed by atoms with Crippen molar-refractivity contribution in [1.29, 1.82) is 0 Å². The highest BCUT2D eigenvalue weighted by Gasteiger charge is 2.05. The first-order valence-electron chi connectivity index (χ1n) is 6.63. The van der Waals surface area contributed by atoms with Crippen molar-refractivity contribution in [3.63, 3.8) is 0 Å². The zero-order valence-corrected chi connectivity index (χ0v) is 11.5. The molecule has 0 atom stereocenters. The van der Waals surface area contributed by atoms with Crippen molar-refractivity contribution in [2.45, 2.75) is 39.9 Å². The first-order chi connectivity index (χ1) is 9.22. The number of aliphatic hydroxyl groups excluding tert-OH is 1. The summed E-state index contributed by atoms with van der Waals surface area (Å²) in [5.74, 6) is 0. The van der Waals surface area contributed by atoms with Gasteiger partial charge < -0.3 is 10.4 Å². The van der Waals surface area contributed by atoms with E-state index in [0.29, 0.717) is 6.54 Å². The van der Waals surface area contributed by atoms with Crippen LogP contribution in [0.1, 0.15) is 24.6 Å². The molecule has 6 nitrogen and oxygen atoms in total. The third-order valence-corrected chi connectivity index (χ3v) is 2.95. The normalized spacial score (nSPS) is 10.9. The predicted octanol–water partition coefficient (Wildman–Crippen LogP) is 1.40. The molecule has 0 saturated carbocycles. The van der Waals surface area contributed by atoms with E-state index in [0.717, 1.165) is 30.9 Å². The highest BCUT2D eigenvalue weighted by molar-refractivity contribution is 5.39. The van der Waals surface area contributed by atoms with Crippen molar-refractivity contribution in [1.82, 2.24) is 19.6 Å². The molecule has 0 spiro atoms. The molecule has 0 aromatic carbocycles. The summed E-state index contributed by atoms with van der Waals surface area (Å²) in [6.45, 7) is 6.48. The van der Waals surface area contributed by atoms with Crippen molar-refractivity contribution < 1.29 is 5.11 Å². The van der Waals surface area contributed by atoms with Crippen molar-refractivity contribution >= 4 is 5.69 Å². The van der Waals surface area contributed by atoms with E-state index in [2.05, 4.69) is 28.6 Å². The molecule has 0 aliphatic carbocycles. The van der Waals surface area contributed by atoms with Gasteiger partial charge in [-0.1, -0.05) is 6.92 Å². The Hall–Kier alpha value is -1.82. The highest BCUT2D eigenvalue weighted by Crippen LogP contribution is 2.11. The molecule has 2 N–H and O–H groups in total. The summed E-state index contributed by atoms with van der Waals surface area (Å²) in [4.78, 5) is 0. The van der Waals surface area contributed by atoms with Crippen molar-refractivity contribution in [3.05, 3.63) is 29.8 Å². The largest absolute Gasteiger partial charge is 0.394 e. The summed E-state index contributed by atoms with van der Waals surface area (Å²) < 4.78 is 3.71. The van der Waals surface area contributed by atoms with E-state index in [1.165, 1.54) is 5.56 Å². The fraction of sp³-hybridized carbons (Fsp3) is 0.538. The molecule has 0 fully saturated rings. The van der Waals surface area contributed by atoms with Crippen LogP contribution >= 0.6 is 0 Å². The van der Waals surface area contributed by atoms with E-state index in [1.54, 1.807) is 10.9 Å². The van der Waals surface area contributed by atoms with Gasteiger partial charge in [-0.05, 0) is 13.3 Å². The molecule has 2 heterocycles. The number of nitrogens with zero attached hydrogens (tertiary/aromatic N) is 4. The van der Waals surface area contributed by atoms with Gasteiger partial charge in [0.15, 0.2) is 0 Å². The monoisotopic (exact) mass is 263 g/mol. The van der Waals surface area contributed by atoms with Gasteiger partial charge in [-0.2, -0.15) is 10.2 Å². The number of anilines is 1. The number of aromatic nitrogens is 4. The molecule has 2 aromatic rings. The number of aryl methyl sites for hydroxylation is 2. The van der Waals surface area contributed by atoms with Gasteiger partial charge in [-0.25, -0.2) is 0 Å². The van der Waals surface area contributed by atoms with E-state index >= 15 is 0 Å². The molecule has 19 heavy (non-hydrogen) atoms. The average molecular weight is 263 g/mol. The molecule has 0 aliphatic rings. The molecular weight excluding hydrogens is 242 g/mol. The molecule has 0 amide bonds. The zero-order valence-electron chi connectivity index (χ0n) is 11.5. The van der Waals surface area contributed by atoms with Gasteiger partial charge >= 0.3 is 0 Å². The van der Waals surface area contributed by atoms with Crippen LogP contribution in [0.25, 0.3) is 0 Å². The quantitative estimate of drug-likeness (QED) is 0.792. The third-order valence-electron chi connectivity index (χ3n) is 2.95. The molecule has 0 aliphatic heterocycles. The maximum Gasteiger partial charge on any atom is 0.0729 e. The van der Waals surface area contributed by atoms with E-state index in [4.69, 9.17) is 5.11 Å². The van der Waals surface area contributed by atoms with Crippen LogP contribution < -0.4 is 5.32 Å². The van der Waals surface area contributed by atoms with Crippen LogP contribution in [0.2, 0.25) is 0 Å². The Bertz CT molecular complexity index is 517. The fourth-order valence-electron chi connectivity index (χ4n) is 1.95. The zero-order chi connectivity index (χ0) is 13.7. The fourth-order valence-corrected chi connectivity index (χ4v) is 1.95. The van der Waals surface area contributed by atoms with Gasteiger partial charge in [-0.15, -0.1) is 0 Å². The van der Waals surface area contributed by atoms with Gasteiger partial charge in [0, 0.05) is 31.0 Å². The Morgan fingerprint density at radius 1 is 1.26 bits per heavy atom. The number of hydrogen-bond acceptors (Lipinski definition) is 4. The number of hydrogen-bond donors (Lipinski definition) is 2. The third kappa shape index (κ3) is 3.57. The van der Waals surface area contributed by atoms with Crippen LogP contribution in [0.15, 0.2) is 18.6 Å². The maximum atomic E-state index is 8.83. The molecule has 0 unspecified atom stereocenters. The van der Waals surface area contributed by atoms with Crippen LogP contribution in [0, 0.1) is 6.92 Å². The minimum atomic E-state index is 0.101. The van der Waals surface area contributed by atoms with E-state index in [9.17, 15) is 0 Å². The standard InChI is InChI=1S/C13H21N5O/c1-3-4-18-9-12(11(2)16-18)7-14-13-8-15-17(10-13)5-6-19/h8-10,14,19H,3-7H2,1-2H3. The smallest absolute Gasteiger partial charge is 0.0729 e. The van der Waals surface area contributed by atoms with Crippen LogP contribution in [0.3, 0.4) is 0 Å². The molecule has 6 heteroatoms. The molecule has 0 saturated heterocycles. The Kier molecular flexibility index (Phi) is 4.57. The van der Waals surface area contributed by atoms with Gasteiger partial charge in [-0.3, -0.25) is 9.36 Å². The van der Waals surface area contributed by atoms with Crippen molar-refractivity contribution in [3.8, 4) is 0 Å². The number of rotatable bonds is 7. The second-order valence-corrected chi connectivity index (χ2v) is 4.57. The van der Waals surface area contributed by atoms with Gasteiger partial charge in [0.1, 0.15) is 0 Å². The summed E-state index contributed by atoms with van der Waals surface area (Å²) in [5.41, 5.74) is 3.21. The lowest BCUT2D eigenvalue weighted by atomic mass is 10.2. The van der Waals surface area contributed by atoms with Gasteiger partial charge in [0.2, 0.25) is 0 Å². The maximum absolute atomic E-state index is 8.83. The van der Waals surface area contributed by atoms with Gasteiger partial charge in [0.25, 0.3) is 0 Å². The summed E-state index contributed by atoms with van der Waals surface area (Å²) >= 11 is 0. The van der Waals surface area contributed by atoms with E-state index < -0.39 is 0 Å². The topological polar surface area (TPSA) is 67.9 Å². The first kappa shape index (κ1) is 13.6. The number of aliphatic hydroxyl groups is 1. The predicted molar refractivity (Wildman–Crippen MR) is 73.9 cm³/mol. The molecule has 104 valence electrons. The first-order valence-corrected chi connectivity index (χ1v) is 6.63. The molecule has 0 bridgehead atoms. The summed E-state index contributed by atoms with van der Waals surface area (Å²) in [6.07, 6.45) is 6.83. The van der Waals surface area contributed by atoms with Crippen LogP contribution in [-0.2, 0) is 19.6 Å². The van der Waals surface area contributed by atoms with Crippen LogP contribution in [0.4, 0.5) is 5.69 Å². The lowest BCUT2D eigenvalue weighted by molar-refractivity contribution is 0.269. The highest BCUT2D eigenvalue weighted by atomic mass is 16.3. The van der Waals surface area contributed by atoms with Crippen molar-refractivity contribution in [2.24, 2.45) is 0 Å². The summed E-state index contributed by atoms with van der Waals surface area (Å²) in [7, 11) is 0. The minimum absolute atomic E-state index is 0.101. The average Bonchev–Trinajstić information content (AvgIpc) is 2.95. The molecule has 2 rings (SSSR count). The summed E-state index contributed by atoms with van der Waals surface area (Å²) in [5, 5.41) is 20.8. The van der Waals surface area contributed by atoms with Crippen LogP contribution in [0.5, 0.6) is 0 Å². The van der Waals surface area contributed by atoms with Crippen LogP contribution in [-0.4, -0.2) is 31.3 Å². The summed E-state index contributed by atoms with van der Waals surface area (Å²) in [6, 6.07) is 0. The Morgan fingerprint density at radius 3 is 2.84 bits per heavy atom. The SMILES string of the molecule is CCCn1cc(CNc2cnn(CCO)c2)c(C)n1. The van der Waals surface area contributed by atoms with Crippen molar-refractivity contribution in [2.75, 3.05) is 11.9 Å². The Balaban J connectivity index is 1.93. The molecular formula is C13H21N5O. The molecule has 0 radical (unpaired) electrons.